The largest absolute Gasteiger partial charge is 0.365 e. The van der Waals surface area contributed by atoms with Gasteiger partial charge in [-0.05, 0) is 42.0 Å². The quantitative estimate of drug-likeness (QED) is 0.500. The van der Waals surface area contributed by atoms with Crippen molar-refractivity contribution in [2.24, 2.45) is 0 Å². The summed E-state index contributed by atoms with van der Waals surface area (Å²) in [7, 11) is 0. The summed E-state index contributed by atoms with van der Waals surface area (Å²) in [6, 6.07) is 20.2. The number of anilines is 2. The molecular formula is C21H17N5O2. The molecule has 28 heavy (non-hydrogen) atoms. The summed E-state index contributed by atoms with van der Waals surface area (Å²) in [6.45, 7) is 0.440. The van der Waals surface area contributed by atoms with Gasteiger partial charge in [0, 0.05) is 24.0 Å². The summed E-state index contributed by atoms with van der Waals surface area (Å²) in [5.74, 6) is 0.296. The van der Waals surface area contributed by atoms with Crippen LogP contribution in [0.15, 0.2) is 77.7 Å². The number of carbonyl (C=O) groups excluding carboxylic acids is 1. The Kier molecular flexibility index (Phi) is 4.79. The van der Waals surface area contributed by atoms with Crippen molar-refractivity contribution in [3.05, 3.63) is 94.5 Å². The molecule has 2 aromatic heterocycles. The van der Waals surface area contributed by atoms with E-state index in [9.17, 15) is 9.59 Å². The van der Waals surface area contributed by atoms with Crippen molar-refractivity contribution < 1.29 is 4.79 Å². The van der Waals surface area contributed by atoms with E-state index in [4.69, 9.17) is 0 Å². The Labute approximate surface area is 160 Å². The van der Waals surface area contributed by atoms with Gasteiger partial charge in [0.15, 0.2) is 0 Å². The number of aromatic nitrogens is 3. The summed E-state index contributed by atoms with van der Waals surface area (Å²) >= 11 is 0. The highest BCUT2D eigenvalue weighted by atomic mass is 16.1. The number of pyridine rings is 1. The van der Waals surface area contributed by atoms with E-state index in [0.717, 1.165) is 10.9 Å². The van der Waals surface area contributed by atoms with E-state index in [-0.39, 0.29) is 5.91 Å². The number of hydrogen-bond donors (Lipinski definition) is 3. The molecule has 0 radical (unpaired) electrons. The molecule has 0 bridgehead atoms. The van der Waals surface area contributed by atoms with Crippen molar-refractivity contribution in [2.45, 2.75) is 6.54 Å². The van der Waals surface area contributed by atoms with Gasteiger partial charge < -0.3 is 10.6 Å². The number of benzene rings is 2. The topological polar surface area (TPSA) is 99.8 Å². The second-order valence-electron chi connectivity index (χ2n) is 6.16. The van der Waals surface area contributed by atoms with E-state index < -0.39 is 5.69 Å². The first-order valence-electron chi connectivity index (χ1n) is 8.73. The summed E-state index contributed by atoms with van der Waals surface area (Å²) in [4.78, 5) is 34.8. The number of carbonyl (C=O) groups is 1. The maximum absolute atomic E-state index is 12.3. The van der Waals surface area contributed by atoms with Crippen LogP contribution in [0.4, 0.5) is 11.5 Å². The van der Waals surface area contributed by atoms with Gasteiger partial charge in [-0.2, -0.15) is 4.98 Å². The first-order chi connectivity index (χ1) is 13.7. The van der Waals surface area contributed by atoms with Crippen LogP contribution in [0.2, 0.25) is 0 Å². The Morgan fingerprint density at radius 3 is 2.71 bits per heavy atom. The van der Waals surface area contributed by atoms with E-state index in [2.05, 4.69) is 25.6 Å². The summed E-state index contributed by atoms with van der Waals surface area (Å²) in [5.41, 5.74) is 2.24. The number of fused-ring (bicyclic) bond motifs is 1. The lowest BCUT2D eigenvalue weighted by Crippen LogP contribution is -2.15. The highest BCUT2D eigenvalue weighted by Gasteiger charge is 2.07. The lowest BCUT2D eigenvalue weighted by Gasteiger charge is -2.10. The van der Waals surface area contributed by atoms with Gasteiger partial charge in [-0.3, -0.25) is 9.78 Å². The maximum Gasteiger partial charge on any atom is 0.348 e. The molecule has 0 aliphatic rings. The first kappa shape index (κ1) is 17.4. The van der Waals surface area contributed by atoms with E-state index in [1.807, 2.05) is 48.5 Å². The summed E-state index contributed by atoms with van der Waals surface area (Å²) in [6.07, 6.45) is 1.61. The fraction of sp³-hybridized carbons (Fsp3) is 0.0476. The maximum atomic E-state index is 12.3. The number of rotatable bonds is 5. The predicted octanol–water partition coefficient (Wildman–Crippen LogP) is 3.18. The van der Waals surface area contributed by atoms with Crippen molar-refractivity contribution in [3.63, 3.8) is 0 Å². The molecule has 0 fully saturated rings. The number of H-pyrrole nitrogens is 1. The molecule has 0 spiro atoms. The molecule has 4 aromatic rings. The molecule has 0 aliphatic carbocycles. The zero-order chi connectivity index (χ0) is 19.3. The zero-order valence-electron chi connectivity index (χ0n) is 14.8. The Hall–Kier alpha value is -4.00. The molecule has 4 rings (SSSR count). The smallest absolute Gasteiger partial charge is 0.348 e. The highest BCUT2D eigenvalue weighted by molar-refractivity contribution is 6.04. The van der Waals surface area contributed by atoms with Crippen LogP contribution in [0, 0.1) is 0 Å². The van der Waals surface area contributed by atoms with Crippen LogP contribution >= 0.6 is 0 Å². The lowest BCUT2D eigenvalue weighted by atomic mass is 10.1. The number of nitrogens with one attached hydrogen (secondary N) is 3. The Balaban J connectivity index is 1.50. The number of aromatic amines is 1. The molecule has 2 aromatic carbocycles. The SMILES string of the molecule is O=C(Nc1cccc(CNc2nc(=O)[nH]c3ncccc23)c1)c1ccccc1. The Morgan fingerprint density at radius 1 is 1.00 bits per heavy atom. The zero-order valence-corrected chi connectivity index (χ0v) is 14.8. The first-order valence-corrected chi connectivity index (χ1v) is 8.73. The van der Waals surface area contributed by atoms with E-state index >= 15 is 0 Å². The van der Waals surface area contributed by atoms with Crippen LogP contribution in [0.3, 0.4) is 0 Å². The molecule has 2 heterocycles. The van der Waals surface area contributed by atoms with Crippen molar-refractivity contribution in [3.8, 4) is 0 Å². The van der Waals surface area contributed by atoms with Crippen LogP contribution in [-0.2, 0) is 6.54 Å². The average molecular weight is 371 g/mol. The molecule has 7 heteroatoms. The van der Waals surface area contributed by atoms with Crippen molar-refractivity contribution in [2.75, 3.05) is 10.6 Å². The molecular weight excluding hydrogens is 354 g/mol. The molecule has 0 saturated carbocycles. The fourth-order valence-electron chi connectivity index (χ4n) is 2.86. The van der Waals surface area contributed by atoms with E-state index in [0.29, 0.717) is 29.3 Å². The molecule has 1 amide bonds. The molecule has 0 saturated heterocycles. The van der Waals surface area contributed by atoms with Crippen molar-refractivity contribution in [1.29, 1.82) is 0 Å². The monoisotopic (exact) mass is 371 g/mol. The molecule has 7 nitrogen and oxygen atoms in total. The van der Waals surface area contributed by atoms with Crippen LogP contribution in [0.5, 0.6) is 0 Å². The molecule has 3 N–H and O–H groups in total. The second-order valence-corrected chi connectivity index (χ2v) is 6.16. The molecule has 0 aliphatic heterocycles. The number of hydrogen-bond acceptors (Lipinski definition) is 5. The van der Waals surface area contributed by atoms with E-state index in [1.54, 1.807) is 24.4 Å². The third-order valence-electron chi connectivity index (χ3n) is 4.18. The highest BCUT2D eigenvalue weighted by Crippen LogP contribution is 2.18. The van der Waals surface area contributed by atoms with Gasteiger partial charge in [-0.25, -0.2) is 9.78 Å². The fourth-order valence-corrected chi connectivity index (χ4v) is 2.86. The van der Waals surface area contributed by atoms with Gasteiger partial charge in [-0.1, -0.05) is 30.3 Å². The van der Waals surface area contributed by atoms with Gasteiger partial charge in [-0.15, -0.1) is 0 Å². The lowest BCUT2D eigenvalue weighted by molar-refractivity contribution is 0.102. The number of nitrogens with zero attached hydrogens (tertiary/aromatic N) is 2. The average Bonchev–Trinajstić information content (AvgIpc) is 2.73. The minimum atomic E-state index is -0.461. The third kappa shape index (κ3) is 3.88. The van der Waals surface area contributed by atoms with Gasteiger partial charge in [0.1, 0.15) is 11.5 Å². The van der Waals surface area contributed by atoms with Crippen LogP contribution in [0.1, 0.15) is 15.9 Å². The van der Waals surface area contributed by atoms with Crippen LogP contribution in [0.25, 0.3) is 11.0 Å². The minimum absolute atomic E-state index is 0.168. The van der Waals surface area contributed by atoms with Gasteiger partial charge in [0.25, 0.3) is 5.91 Å². The standard InChI is InChI=1S/C21H17N5O2/c27-20(15-7-2-1-3-8-15)24-16-9-4-6-14(12-16)13-23-19-17-10-5-11-22-18(17)25-21(28)26-19/h1-12H,13H2,(H,24,27)(H2,22,23,25,26,28). The van der Waals surface area contributed by atoms with Crippen LogP contribution in [-0.4, -0.2) is 20.9 Å². The van der Waals surface area contributed by atoms with Crippen molar-refractivity contribution >= 4 is 28.4 Å². The molecule has 138 valence electrons. The van der Waals surface area contributed by atoms with Gasteiger partial charge in [0.05, 0.1) is 5.39 Å². The molecule has 0 unspecified atom stereocenters. The second kappa shape index (κ2) is 7.71. The van der Waals surface area contributed by atoms with Gasteiger partial charge >= 0.3 is 5.69 Å². The molecule has 0 atom stereocenters. The Morgan fingerprint density at radius 2 is 1.86 bits per heavy atom. The summed E-state index contributed by atoms with van der Waals surface area (Å²) < 4.78 is 0. The van der Waals surface area contributed by atoms with Crippen molar-refractivity contribution in [1.82, 2.24) is 15.0 Å². The van der Waals surface area contributed by atoms with Gasteiger partial charge in [0.2, 0.25) is 0 Å². The number of amides is 1. The third-order valence-corrected chi connectivity index (χ3v) is 4.18. The summed E-state index contributed by atoms with van der Waals surface area (Å²) in [5, 5.41) is 6.79. The predicted molar refractivity (Wildman–Crippen MR) is 108 cm³/mol. The minimum Gasteiger partial charge on any atom is -0.365 e. The van der Waals surface area contributed by atoms with Crippen LogP contribution < -0.4 is 16.3 Å². The normalized spacial score (nSPS) is 10.6. The Bertz CT molecular complexity index is 1190. The van der Waals surface area contributed by atoms with E-state index in [1.165, 1.54) is 0 Å².